The minimum atomic E-state index is 0.806. The zero-order valence-corrected chi connectivity index (χ0v) is 10.9. The van der Waals surface area contributed by atoms with Crippen LogP contribution in [-0.4, -0.2) is 18.8 Å². The number of nitrogens with two attached hydrogens (primary N) is 2. The molecule has 2 nitrogen and oxygen atoms in total. The van der Waals surface area contributed by atoms with E-state index >= 15 is 0 Å². The number of anilines is 2. The third-order valence-corrected chi connectivity index (χ3v) is 4.33. The van der Waals surface area contributed by atoms with Crippen LogP contribution in [0.3, 0.4) is 0 Å². The van der Waals surface area contributed by atoms with Crippen molar-refractivity contribution >= 4 is 46.7 Å². The van der Waals surface area contributed by atoms with Crippen LogP contribution in [0.15, 0.2) is 20.8 Å². The Labute approximate surface area is 97.6 Å². The number of nitrogen functional groups attached to an aromatic ring is 2. The molecule has 14 heavy (non-hydrogen) atoms. The molecular weight excluding hydrogens is 232 g/mol. The number of thioether (sulfide) groups is 3. The summed E-state index contributed by atoms with van der Waals surface area (Å²) in [6.07, 6.45) is 6.04. The van der Waals surface area contributed by atoms with Gasteiger partial charge in [0.05, 0.1) is 16.3 Å². The maximum absolute atomic E-state index is 6.00. The van der Waals surface area contributed by atoms with E-state index in [-0.39, 0.29) is 0 Å². The number of hydrogen-bond donors (Lipinski definition) is 2. The molecule has 0 aliphatic carbocycles. The van der Waals surface area contributed by atoms with Crippen molar-refractivity contribution in [2.24, 2.45) is 0 Å². The van der Waals surface area contributed by atoms with Gasteiger partial charge in [0, 0.05) is 9.79 Å². The summed E-state index contributed by atoms with van der Waals surface area (Å²) in [6, 6.07) is 2.06. The monoisotopic (exact) mass is 246 g/mol. The summed E-state index contributed by atoms with van der Waals surface area (Å²) in [5.41, 5.74) is 13.6. The highest BCUT2D eigenvalue weighted by molar-refractivity contribution is 8.00. The lowest BCUT2D eigenvalue weighted by Crippen LogP contribution is -1.99. The third kappa shape index (κ3) is 2.10. The van der Waals surface area contributed by atoms with Gasteiger partial charge in [-0.25, -0.2) is 0 Å². The van der Waals surface area contributed by atoms with E-state index in [0.29, 0.717) is 0 Å². The molecule has 0 spiro atoms. The van der Waals surface area contributed by atoms with E-state index in [1.165, 1.54) is 0 Å². The Kier molecular flexibility index (Phi) is 4.34. The lowest BCUT2D eigenvalue weighted by Gasteiger charge is -2.13. The van der Waals surface area contributed by atoms with Gasteiger partial charge in [-0.1, -0.05) is 0 Å². The van der Waals surface area contributed by atoms with Crippen molar-refractivity contribution in [3.05, 3.63) is 6.07 Å². The predicted octanol–water partition coefficient (Wildman–Crippen LogP) is 3.02. The van der Waals surface area contributed by atoms with E-state index in [4.69, 9.17) is 11.5 Å². The Morgan fingerprint density at radius 3 is 1.57 bits per heavy atom. The second-order valence-corrected chi connectivity index (χ2v) is 5.15. The average molecular weight is 246 g/mol. The summed E-state index contributed by atoms with van der Waals surface area (Å²) in [7, 11) is 0. The molecule has 0 radical (unpaired) electrons. The normalized spacial score (nSPS) is 10.5. The lowest BCUT2D eigenvalue weighted by molar-refractivity contribution is 1.26. The van der Waals surface area contributed by atoms with Crippen molar-refractivity contribution in [3.63, 3.8) is 0 Å². The van der Waals surface area contributed by atoms with Crippen LogP contribution >= 0.6 is 35.3 Å². The van der Waals surface area contributed by atoms with Gasteiger partial charge in [-0.15, -0.1) is 35.3 Å². The van der Waals surface area contributed by atoms with Crippen LogP contribution in [0, 0.1) is 0 Å². The molecule has 0 amide bonds. The molecule has 78 valence electrons. The van der Waals surface area contributed by atoms with Crippen molar-refractivity contribution in [2.45, 2.75) is 14.7 Å². The maximum atomic E-state index is 6.00. The second-order valence-electron chi connectivity index (χ2n) is 2.64. The molecule has 1 aromatic carbocycles. The van der Waals surface area contributed by atoms with Gasteiger partial charge >= 0.3 is 0 Å². The Hall–Kier alpha value is -0.130. The number of hydrogen-bond acceptors (Lipinski definition) is 5. The molecular formula is C9H14N2S3. The van der Waals surface area contributed by atoms with E-state index in [2.05, 4.69) is 6.07 Å². The first-order valence-corrected chi connectivity index (χ1v) is 7.67. The molecule has 0 aliphatic rings. The highest BCUT2D eigenvalue weighted by Gasteiger charge is 2.12. The van der Waals surface area contributed by atoms with Crippen molar-refractivity contribution in [1.82, 2.24) is 0 Å². The molecule has 0 saturated carbocycles. The summed E-state index contributed by atoms with van der Waals surface area (Å²) in [5, 5.41) is 0. The first kappa shape index (κ1) is 11.9. The number of benzene rings is 1. The summed E-state index contributed by atoms with van der Waals surface area (Å²) in [6.45, 7) is 0. The zero-order valence-electron chi connectivity index (χ0n) is 8.46. The minimum absolute atomic E-state index is 0.806. The molecule has 0 bridgehead atoms. The van der Waals surface area contributed by atoms with E-state index in [1.807, 2.05) is 18.8 Å². The largest absolute Gasteiger partial charge is 0.397 e. The van der Waals surface area contributed by atoms with Gasteiger partial charge in [0.1, 0.15) is 0 Å². The molecule has 0 aliphatic heterocycles. The molecule has 0 atom stereocenters. The summed E-state index contributed by atoms with van der Waals surface area (Å²) in [5.74, 6) is 0. The fraction of sp³-hybridized carbons (Fsp3) is 0.333. The molecule has 4 N–H and O–H groups in total. The fourth-order valence-corrected chi connectivity index (χ4v) is 3.18. The van der Waals surface area contributed by atoms with Gasteiger partial charge in [0.15, 0.2) is 0 Å². The van der Waals surface area contributed by atoms with Gasteiger partial charge in [0.25, 0.3) is 0 Å². The van der Waals surface area contributed by atoms with Gasteiger partial charge in [-0.2, -0.15) is 0 Å². The van der Waals surface area contributed by atoms with Crippen LogP contribution in [-0.2, 0) is 0 Å². The average Bonchev–Trinajstić information content (AvgIpc) is 2.19. The number of rotatable bonds is 3. The van der Waals surface area contributed by atoms with Crippen LogP contribution in [0.4, 0.5) is 11.4 Å². The van der Waals surface area contributed by atoms with Gasteiger partial charge in [-0.3, -0.25) is 0 Å². The van der Waals surface area contributed by atoms with E-state index < -0.39 is 0 Å². The molecule has 0 aromatic heterocycles. The summed E-state index contributed by atoms with van der Waals surface area (Å²) < 4.78 is 0. The van der Waals surface area contributed by atoms with Crippen LogP contribution in [0.5, 0.6) is 0 Å². The Bertz CT molecular complexity index is 311. The summed E-state index contributed by atoms with van der Waals surface area (Å²) in [4.78, 5) is 3.21. The first-order chi connectivity index (χ1) is 6.65. The van der Waals surface area contributed by atoms with Gasteiger partial charge in [0.2, 0.25) is 0 Å². The van der Waals surface area contributed by atoms with E-state index in [0.717, 1.165) is 26.1 Å². The zero-order chi connectivity index (χ0) is 10.7. The van der Waals surface area contributed by atoms with Crippen molar-refractivity contribution in [1.29, 1.82) is 0 Å². The highest BCUT2D eigenvalue weighted by Crippen LogP contribution is 2.41. The standard InChI is InChI=1S/C9H14N2S3/c1-12-5-4-6(13-2)8(11)9(14-3)7(5)10/h4H,10-11H2,1-3H3. The van der Waals surface area contributed by atoms with Crippen LogP contribution in [0.1, 0.15) is 0 Å². The predicted molar refractivity (Wildman–Crippen MR) is 70.6 cm³/mol. The van der Waals surface area contributed by atoms with Crippen molar-refractivity contribution < 1.29 is 0 Å². The molecule has 0 unspecified atom stereocenters. The molecule has 1 aromatic rings. The minimum Gasteiger partial charge on any atom is -0.397 e. The van der Waals surface area contributed by atoms with E-state index in [9.17, 15) is 0 Å². The first-order valence-electron chi connectivity index (χ1n) is 3.99. The fourth-order valence-electron chi connectivity index (χ4n) is 1.20. The molecule has 0 heterocycles. The molecule has 1 rings (SSSR count). The SMILES string of the molecule is CSc1cc(SC)c(N)c(SC)c1N. The topological polar surface area (TPSA) is 52.0 Å². The third-order valence-electron chi connectivity index (χ3n) is 1.93. The molecule has 5 heteroatoms. The van der Waals surface area contributed by atoms with Gasteiger partial charge < -0.3 is 11.5 Å². The van der Waals surface area contributed by atoms with Crippen LogP contribution < -0.4 is 11.5 Å². The Morgan fingerprint density at radius 1 is 0.857 bits per heavy atom. The molecule has 0 fully saturated rings. The second kappa shape index (κ2) is 5.09. The quantitative estimate of drug-likeness (QED) is 0.634. The Morgan fingerprint density at radius 2 is 1.29 bits per heavy atom. The van der Waals surface area contributed by atoms with E-state index in [1.54, 1.807) is 35.3 Å². The van der Waals surface area contributed by atoms with Crippen LogP contribution in [0.25, 0.3) is 0 Å². The highest BCUT2D eigenvalue weighted by atomic mass is 32.2. The van der Waals surface area contributed by atoms with Crippen LogP contribution in [0.2, 0.25) is 0 Å². The Balaban J connectivity index is 3.39. The molecule has 0 saturated heterocycles. The van der Waals surface area contributed by atoms with Crippen molar-refractivity contribution in [2.75, 3.05) is 30.2 Å². The van der Waals surface area contributed by atoms with Crippen molar-refractivity contribution in [3.8, 4) is 0 Å². The summed E-state index contributed by atoms with van der Waals surface area (Å²) >= 11 is 4.92. The lowest BCUT2D eigenvalue weighted by atomic mass is 10.3. The van der Waals surface area contributed by atoms with Gasteiger partial charge in [-0.05, 0) is 24.8 Å². The smallest absolute Gasteiger partial charge is 0.0612 e. The maximum Gasteiger partial charge on any atom is 0.0612 e.